The lowest BCUT2D eigenvalue weighted by Gasteiger charge is -1.68. The van der Waals surface area contributed by atoms with Gasteiger partial charge in [0.25, 0.3) is 0 Å². The Hall–Kier alpha value is -0.740. The molecule has 0 aromatic carbocycles. The first-order valence-corrected chi connectivity index (χ1v) is 2.72. The number of alkyl halides is 1. The molecule has 0 atom stereocenters. The highest BCUT2D eigenvalue weighted by Gasteiger charge is 1.62. The van der Waals surface area contributed by atoms with Crippen LogP contribution in [-0.2, 0) is 0 Å². The monoisotopic (exact) mass is 127 g/mol. The molecule has 42 valence electrons. The van der Waals surface area contributed by atoms with E-state index in [1.807, 2.05) is 6.07 Å². The Bertz CT molecular complexity index is 130. The van der Waals surface area contributed by atoms with E-state index in [1.165, 1.54) is 6.08 Å². The normalized spacial score (nSPS) is 10.5. The average Bonchev–Trinajstić information content (AvgIpc) is 1.81. The Morgan fingerprint density at radius 3 is 2.75 bits per heavy atom. The van der Waals surface area contributed by atoms with Crippen LogP contribution < -0.4 is 0 Å². The fourth-order valence-electron chi connectivity index (χ4n) is 0.229. The van der Waals surface area contributed by atoms with E-state index in [1.54, 1.807) is 18.2 Å². The van der Waals surface area contributed by atoms with Crippen molar-refractivity contribution in [2.24, 2.45) is 0 Å². The van der Waals surface area contributed by atoms with Crippen molar-refractivity contribution >= 4 is 11.6 Å². The first-order valence-electron chi connectivity index (χ1n) is 2.19. The molecule has 0 aliphatic rings. The number of nitrogens with zero attached hydrogens (tertiary/aromatic N) is 1. The average molecular weight is 128 g/mol. The molecule has 8 heavy (non-hydrogen) atoms. The highest BCUT2D eigenvalue weighted by atomic mass is 35.5. The molecule has 0 heterocycles. The van der Waals surface area contributed by atoms with Gasteiger partial charge in [0.05, 0.1) is 6.07 Å². The molecule has 0 spiro atoms. The Morgan fingerprint density at radius 2 is 2.25 bits per heavy atom. The molecule has 0 unspecified atom stereocenters. The first kappa shape index (κ1) is 7.26. The highest BCUT2D eigenvalue weighted by Crippen LogP contribution is 1.78. The molecular weight excluding hydrogens is 122 g/mol. The van der Waals surface area contributed by atoms with E-state index in [9.17, 15) is 0 Å². The lowest BCUT2D eigenvalue weighted by atomic mass is 10.5. The minimum Gasteiger partial charge on any atom is -0.193 e. The fraction of sp³-hybridized carbons (Fsp3) is 0.167. The van der Waals surface area contributed by atoms with Crippen molar-refractivity contribution in [1.82, 2.24) is 0 Å². The summed E-state index contributed by atoms with van der Waals surface area (Å²) in [6.45, 7) is 0. The topological polar surface area (TPSA) is 23.8 Å². The Morgan fingerprint density at radius 1 is 1.50 bits per heavy atom. The minimum absolute atomic E-state index is 0.496. The molecule has 0 aliphatic heterocycles. The standard InChI is InChI=1S/C6H6ClN/c7-5-3-1-2-4-6-8/h1-4H,5H2/b3-1+,4-2+. The molecule has 0 rings (SSSR count). The summed E-state index contributed by atoms with van der Waals surface area (Å²) in [5.74, 6) is 0.496. The second-order valence-corrected chi connectivity index (χ2v) is 1.38. The van der Waals surface area contributed by atoms with Crippen LogP contribution in [-0.4, -0.2) is 5.88 Å². The van der Waals surface area contributed by atoms with Gasteiger partial charge >= 0.3 is 0 Å². The lowest BCUT2D eigenvalue weighted by molar-refractivity contribution is 1.53. The van der Waals surface area contributed by atoms with E-state index in [4.69, 9.17) is 16.9 Å². The Labute approximate surface area is 53.9 Å². The molecule has 0 N–H and O–H groups in total. The summed E-state index contributed by atoms with van der Waals surface area (Å²) in [5.41, 5.74) is 0. The van der Waals surface area contributed by atoms with Gasteiger partial charge in [-0.2, -0.15) is 5.26 Å². The third kappa shape index (κ3) is 5.26. The van der Waals surface area contributed by atoms with Crippen molar-refractivity contribution in [3.8, 4) is 6.07 Å². The summed E-state index contributed by atoms with van der Waals surface area (Å²) in [5, 5.41) is 7.96. The number of allylic oxidation sites excluding steroid dienone is 4. The minimum atomic E-state index is 0.496. The van der Waals surface area contributed by atoms with Gasteiger partial charge in [0.15, 0.2) is 0 Å². The van der Waals surface area contributed by atoms with Crippen molar-refractivity contribution < 1.29 is 0 Å². The Kier molecular flexibility index (Phi) is 5.68. The molecule has 0 fully saturated rings. The number of nitriles is 1. The highest BCUT2D eigenvalue weighted by molar-refractivity contribution is 6.18. The van der Waals surface area contributed by atoms with Crippen molar-refractivity contribution in [2.45, 2.75) is 0 Å². The molecular formula is C6H6ClN. The molecule has 0 aromatic heterocycles. The lowest BCUT2D eigenvalue weighted by Crippen LogP contribution is -1.55. The van der Waals surface area contributed by atoms with Gasteiger partial charge in [-0.1, -0.05) is 18.2 Å². The summed E-state index contributed by atoms with van der Waals surface area (Å²) in [6.07, 6.45) is 6.52. The smallest absolute Gasteiger partial charge is 0.0912 e. The van der Waals surface area contributed by atoms with E-state index in [0.29, 0.717) is 5.88 Å². The summed E-state index contributed by atoms with van der Waals surface area (Å²) in [6, 6.07) is 1.85. The zero-order valence-corrected chi connectivity index (χ0v) is 5.10. The van der Waals surface area contributed by atoms with Gasteiger partial charge < -0.3 is 0 Å². The van der Waals surface area contributed by atoms with Crippen LogP contribution in [0.25, 0.3) is 0 Å². The first-order chi connectivity index (χ1) is 3.91. The summed E-state index contributed by atoms with van der Waals surface area (Å²) >= 11 is 5.28. The zero-order chi connectivity index (χ0) is 6.24. The van der Waals surface area contributed by atoms with Gasteiger partial charge in [-0.05, 0) is 0 Å². The van der Waals surface area contributed by atoms with Gasteiger partial charge in [-0.15, -0.1) is 11.6 Å². The van der Waals surface area contributed by atoms with Crippen LogP contribution in [0.2, 0.25) is 0 Å². The third-order valence-corrected chi connectivity index (χ3v) is 0.685. The summed E-state index contributed by atoms with van der Waals surface area (Å²) in [4.78, 5) is 0. The number of halogens is 1. The van der Waals surface area contributed by atoms with Crippen LogP contribution in [0.15, 0.2) is 24.3 Å². The van der Waals surface area contributed by atoms with E-state index in [0.717, 1.165) is 0 Å². The second kappa shape index (κ2) is 6.26. The largest absolute Gasteiger partial charge is 0.193 e. The SMILES string of the molecule is N#C/C=C/C=C/CCl. The molecule has 0 radical (unpaired) electrons. The van der Waals surface area contributed by atoms with E-state index in [2.05, 4.69) is 0 Å². The molecule has 1 nitrogen and oxygen atoms in total. The van der Waals surface area contributed by atoms with Crippen LogP contribution in [0.1, 0.15) is 0 Å². The maximum Gasteiger partial charge on any atom is 0.0912 e. The predicted octanol–water partition coefficient (Wildman–Crippen LogP) is 1.86. The van der Waals surface area contributed by atoms with Crippen molar-refractivity contribution in [3.63, 3.8) is 0 Å². The zero-order valence-electron chi connectivity index (χ0n) is 4.34. The molecule has 2 heteroatoms. The fourth-order valence-corrected chi connectivity index (χ4v) is 0.331. The molecule has 0 saturated carbocycles. The molecule has 0 aromatic rings. The number of hydrogen-bond acceptors (Lipinski definition) is 1. The van der Waals surface area contributed by atoms with Crippen molar-refractivity contribution in [1.29, 1.82) is 5.26 Å². The molecule has 0 amide bonds. The number of rotatable bonds is 2. The van der Waals surface area contributed by atoms with Gasteiger partial charge in [0.2, 0.25) is 0 Å². The van der Waals surface area contributed by atoms with Crippen molar-refractivity contribution in [3.05, 3.63) is 24.3 Å². The van der Waals surface area contributed by atoms with Crippen LogP contribution in [0.3, 0.4) is 0 Å². The maximum atomic E-state index is 7.96. The quantitative estimate of drug-likeness (QED) is 0.316. The van der Waals surface area contributed by atoms with Gasteiger partial charge in [-0.25, -0.2) is 0 Å². The van der Waals surface area contributed by atoms with E-state index < -0.39 is 0 Å². The van der Waals surface area contributed by atoms with Crippen LogP contribution in [0.5, 0.6) is 0 Å². The number of hydrogen-bond donors (Lipinski definition) is 0. The predicted molar refractivity (Wildman–Crippen MR) is 34.6 cm³/mol. The van der Waals surface area contributed by atoms with E-state index in [-0.39, 0.29) is 0 Å². The van der Waals surface area contributed by atoms with Gasteiger partial charge in [0.1, 0.15) is 0 Å². The molecule has 0 aliphatic carbocycles. The van der Waals surface area contributed by atoms with Crippen LogP contribution in [0, 0.1) is 11.3 Å². The second-order valence-electron chi connectivity index (χ2n) is 1.07. The van der Waals surface area contributed by atoms with Crippen molar-refractivity contribution in [2.75, 3.05) is 5.88 Å². The van der Waals surface area contributed by atoms with Crippen LogP contribution in [0.4, 0.5) is 0 Å². The third-order valence-electron chi connectivity index (χ3n) is 0.507. The van der Waals surface area contributed by atoms with Crippen LogP contribution >= 0.6 is 11.6 Å². The van der Waals surface area contributed by atoms with E-state index >= 15 is 0 Å². The molecule has 0 bridgehead atoms. The molecule has 0 saturated heterocycles. The van der Waals surface area contributed by atoms with Gasteiger partial charge in [-0.3, -0.25) is 0 Å². The summed E-state index contributed by atoms with van der Waals surface area (Å²) in [7, 11) is 0. The van der Waals surface area contributed by atoms with Gasteiger partial charge in [0, 0.05) is 12.0 Å². The maximum absolute atomic E-state index is 7.96. The summed E-state index contributed by atoms with van der Waals surface area (Å²) < 4.78 is 0. The Balaban J connectivity index is 3.31.